The number of fused-ring (bicyclic) bond motifs is 2. The van der Waals surface area contributed by atoms with Gasteiger partial charge in [-0.25, -0.2) is 0 Å². The highest BCUT2D eigenvalue weighted by atomic mass is 16.5. The highest BCUT2D eigenvalue weighted by molar-refractivity contribution is 5.84. The number of hydrogen-bond donors (Lipinski definition) is 8. The maximum Gasteiger partial charge on any atom is 0.188 e. The second-order valence-corrected chi connectivity index (χ2v) is 28.3. The monoisotopic (exact) mass is 1130 g/mol. The first kappa shape index (κ1) is 57.9. The molecule has 14 unspecified atom stereocenters. The van der Waals surface area contributed by atoms with E-state index in [1.807, 2.05) is 24.3 Å². The van der Waals surface area contributed by atoms with Gasteiger partial charge >= 0.3 is 0 Å². The lowest BCUT2D eigenvalue weighted by Crippen LogP contribution is -2.52. The molecule has 4 saturated carbocycles. The van der Waals surface area contributed by atoms with Crippen molar-refractivity contribution in [3.05, 3.63) is 76.4 Å². The summed E-state index contributed by atoms with van der Waals surface area (Å²) in [6.07, 6.45) is 22.9. The molecule has 448 valence electrons. The zero-order valence-corrected chi connectivity index (χ0v) is 50.0. The summed E-state index contributed by atoms with van der Waals surface area (Å²) in [6.45, 7) is 9.57. The number of guanidine groups is 1. The van der Waals surface area contributed by atoms with Gasteiger partial charge in [0.05, 0.1) is 24.9 Å². The van der Waals surface area contributed by atoms with Crippen molar-refractivity contribution >= 4 is 5.96 Å². The van der Waals surface area contributed by atoms with E-state index < -0.39 is 18.3 Å². The topological polar surface area (TPSA) is 201 Å². The Hall–Kier alpha value is -4.53. The number of benzene rings is 3. The van der Waals surface area contributed by atoms with Crippen LogP contribution in [0, 0.1) is 57.7 Å². The molecular weight excluding hydrogens is 1030 g/mol. The molecule has 8 bridgehead atoms. The normalized spacial score (nSPS) is 36.1. The average molecular weight is 1130 g/mol. The van der Waals surface area contributed by atoms with Gasteiger partial charge in [0.2, 0.25) is 0 Å². The Morgan fingerprint density at radius 1 is 0.866 bits per heavy atom. The molecule has 4 spiro atoms. The summed E-state index contributed by atoms with van der Waals surface area (Å²) in [7, 11) is 3.79. The largest absolute Gasteiger partial charge is 0.508 e. The van der Waals surface area contributed by atoms with Crippen LogP contribution in [0.15, 0.2) is 53.5 Å². The van der Waals surface area contributed by atoms with Gasteiger partial charge in [0, 0.05) is 55.8 Å². The quantitative estimate of drug-likeness (QED) is 0.104. The van der Waals surface area contributed by atoms with Crippen molar-refractivity contribution in [3.8, 4) is 39.9 Å². The van der Waals surface area contributed by atoms with Crippen LogP contribution in [0.4, 0.5) is 0 Å². The molecule has 13 heteroatoms. The van der Waals surface area contributed by atoms with E-state index in [1.54, 1.807) is 13.2 Å². The molecule has 9 N–H and O–H groups in total. The summed E-state index contributed by atoms with van der Waals surface area (Å²) in [5.74, 6) is 4.07. The number of ether oxygens (including phenoxy) is 4. The summed E-state index contributed by atoms with van der Waals surface area (Å²) >= 11 is 0. The fraction of sp³-hybridized carbons (Fsp3) is 0.696. The highest BCUT2D eigenvalue weighted by Gasteiger charge is 2.61. The van der Waals surface area contributed by atoms with Crippen molar-refractivity contribution in [1.82, 2.24) is 10.6 Å². The SMILES string of the molecule is CCC1CC2C=CC1CC(O)CC1(CCCC13CCOC1(CCC(CNC)C1)C3)CN=C(N)NCCC1C(CCC3(CCCC3)C1CO)Oc1cc(ccc1O)C1Oc3cc(OC)c4c(c3CC1O)C2Cc1cc(O)c(CC(C)C)cc1-4. The number of phenolic OH excluding ortho intramolecular Hbond substituents is 2. The lowest BCUT2D eigenvalue weighted by atomic mass is 9.56. The minimum Gasteiger partial charge on any atom is -0.508 e. The van der Waals surface area contributed by atoms with Gasteiger partial charge in [-0.1, -0.05) is 64.7 Å². The van der Waals surface area contributed by atoms with E-state index in [0.29, 0.717) is 97.5 Å². The van der Waals surface area contributed by atoms with Crippen LogP contribution in [-0.2, 0) is 24.0 Å². The van der Waals surface area contributed by atoms with Crippen LogP contribution in [0.25, 0.3) is 11.1 Å². The van der Waals surface area contributed by atoms with E-state index in [4.69, 9.17) is 29.7 Å². The van der Waals surface area contributed by atoms with Crippen molar-refractivity contribution in [2.45, 2.75) is 198 Å². The molecule has 13 nitrogen and oxygen atoms in total. The van der Waals surface area contributed by atoms with Gasteiger partial charge in [0.15, 0.2) is 17.5 Å². The molecule has 1 saturated heterocycles. The second-order valence-electron chi connectivity index (χ2n) is 28.3. The Kier molecular flexibility index (Phi) is 16.5. The van der Waals surface area contributed by atoms with Crippen LogP contribution in [0.2, 0.25) is 0 Å². The van der Waals surface area contributed by atoms with Crippen molar-refractivity contribution in [2.24, 2.45) is 68.4 Å². The van der Waals surface area contributed by atoms with Crippen LogP contribution in [-0.4, -0.2) is 102 Å². The van der Waals surface area contributed by atoms with Gasteiger partial charge in [-0.2, -0.15) is 0 Å². The number of aliphatic imine (C=N–C) groups is 1. The van der Waals surface area contributed by atoms with Gasteiger partial charge in [-0.15, -0.1) is 0 Å². The Bertz CT molecular complexity index is 2850. The summed E-state index contributed by atoms with van der Waals surface area (Å²) in [5, 5.41) is 67.0. The van der Waals surface area contributed by atoms with Gasteiger partial charge < -0.3 is 60.8 Å². The number of allylic oxidation sites excluding steroid dienone is 2. The molecule has 6 aliphatic carbocycles. The first-order valence-corrected chi connectivity index (χ1v) is 32.3. The molecule has 3 aromatic rings. The third kappa shape index (κ3) is 10.6. The van der Waals surface area contributed by atoms with Crippen LogP contribution >= 0.6 is 0 Å². The number of hydrogen-bond acceptors (Lipinski definition) is 13. The predicted octanol–water partition coefficient (Wildman–Crippen LogP) is 11.4. The fourth-order valence-electron chi connectivity index (χ4n) is 19.5. The minimum absolute atomic E-state index is 0.00491. The molecular formula is C69H98N4O9. The lowest BCUT2D eigenvalue weighted by Gasteiger charge is -2.54. The molecule has 0 aromatic heterocycles. The predicted molar refractivity (Wildman–Crippen MR) is 322 cm³/mol. The lowest BCUT2D eigenvalue weighted by molar-refractivity contribution is -0.158. The number of nitrogens with one attached hydrogen (secondary N) is 2. The Morgan fingerprint density at radius 3 is 2.46 bits per heavy atom. The molecule has 12 aliphatic rings. The van der Waals surface area contributed by atoms with Crippen molar-refractivity contribution in [2.75, 3.05) is 47.0 Å². The van der Waals surface area contributed by atoms with E-state index >= 15 is 0 Å². The van der Waals surface area contributed by atoms with E-state index in [2.05, 4.69) is 56.7 Å². The number of rotatable bonds is 7. The fourth-order valence-corrected chi connectivity index (χ4v) is 19.5. The van der Waals surface area contributed by atoms with Crippen LogP contribution in [0.5, 0.6) is 28.7 Å². The van der Waals surface area contributed by atoms with E-state index in [9.17, 15) is 25.5 Å². The number of aliphatic hydroxyl groups is 3. The van der Waals surface area contributed by atoms with E-state index in [0.717, 1.165) is 149 Å². The standard InChI is InChI=1S/C69H98N4O9/c1-6-43-27-45-11-10-44(43)28-49(75)36-68(20-9-19-67(68)23-25-80-69(39-67)22-14-42(35-69)37-71-4)40-73-65(70)72-24-16-50-54(38-74)66(17-7-8-18-66)21-15-58(50)81-60-32-46(12-13-55(60)76)64-57(78)33-53-59(82-64)34-61(79-5)63-52-30-48(26-41(2)3)56(77)31-47(52)29-51(45)62(53)63/h10-13,30-32,34,41-45,49-51,54,57-58,64,71,74-78H,6-9,14-29,33,35-40H2,1-5H3,(H3,70,72,73). The second kappa shape index (κ2) is 23.4. The molecule has 82 heavy (non-hydrogen) atoms. The number of aromatic hydroxyl groups is 2. The van der Waals surface area contributed by atoms with Crippen LogP contribution < -0.4 is 30.6 Å². The minimum atomic E-state index is -0.917. The first-order chi connectivity index (χ1) is 39.6. The molecule has 6 heterocycles. The Labute approximate surface area is 488 Å². The third-order valence-electron chi connectivity index (χ3n) is 23.3. The zero-order valence-electron chi connectivity index (χ0n) is 50.0. The van der Waals surface area contributed by atoms with Crippen molar-refractivity contribution < 1.29 is 44.5 Å². The molecule has 15 rings (SSSR count). The Morgan fingerprint density at radius 2 is 1.68 bits per heavy atom. The molecule has 0 radical (unpaired) electrons. The molecule has 6 aliphatic heterocycles. The first-order valence-electron chi connectivity index (χ1n) is 32.3. The van der Waals surface area contributed by atoms with Gasteiger partial charge in [-0.05, 0) is 232 Å². The number of nitrogens with zero attached hydrogens (tertiary/aromatic N) is 1. The zero-order chi connectivity index (χ0) is 57.1. The van der Waals surface area contributed by atoms with E-state index in [1.165, 1.54) is 6.42 Å². The van der Waals surface area contributed by atoms with E-state index in [-0.39, 0.29) is 69.9 Å². The number of methoxy groups -OCH3 is 1. The van der Waals surface area contributed by atoms with Gasteiger partial charge in [-0.3, -0.25) is 4.99 Å². The average Bonchev–Trinajstić information content (AvgIpc) is 2.18. The summed E-state index contributed by atoms with van der Waals surface area (Å²) in [6, 6.07) is 11.5. The van der Waals surface area contributed by atoms with Crippen LogP contribution in [0.1, 0.15) is 183 Å². The molecule has 3 aromatic carbocycles. The molecule has 0 amide bonds. The van der Waals surface area contributed by atoms with Crippen molar-refractivity contribution in [1.29, 1.82) is 0 Å². The van der Waals surface area contributed by atoms with Crippen LogP contribution in [0.3, 0.4) is 0 Å². The maximum atomic E-state index is 12.8. The van der Waals surface area contributed by atoms with Gasteiger partial charge in [0.25, 0.3) is 0 Å². The summed E-state index contributed by atoms with van der Waals surface area (Å²) in [4.78, 5) is 5.33. The third-order valence-corrected chi connectivity index (χ3v) is 23.3. The molecule has 5 fully saturated rings. The maximum absolute atomic E-state index is 12.8. The van der Waals surface area contributed by atoms with Crippen molar-refractivity contribution in [3.63, 3.8) is 0 Å². The molecule has 14 atom stereocenters. The number of phenols is 2. The van der Waals surface area contributed by atoms with Gasteiger partial charge in [0.1, 0.15) is 29.5 Å². The smallest absolute Gasteiger partial charge is 0.188 e. The Balaban J connectivity index is 0.953. The summed E-state index contributed by atoms with van der Waals surface area (Å²) < 4.78 is 27.4. The number of nitrogens with two attached hydrogens (primary N) is 1. The highest BCUT2D eigenvalue weighted by Crippen LogP contribution is 2.66. The number of aliphatic hydroxyl groups excluding tert-OH is 3. The summed E-state index contributed by atoms with van der Waals surface area (Å²) in [5.41, 5.74) is 13.5.